The van der Waals surface area contributed by atoms with Gasteiger partial charge < -0.3 is 4.98 Å². The number of hydrazine groups is 1. The summed E-state index contributed by atoms with van der Waals surface area (Å²) in [4.78, 5) is 14.9. The predicted molar refractivity (Wildman–Crippen MR) is 59.5 cm³/mol. The van der Waals surface area contributed by atoms with Crippen molar-refractivity contribution in [2.45, 2.75) is 0 Å². The molecule has 0 fully saturated rings. The molecule has 0 spiro atoms. The molecule has 0 radical (unpaired) electrons. The van der Waals surface area contributed by atoms with Crippen LogP contribution in [0.3, 0.4) is 0 Å². The van der Waals surface area contributed by atoms with Crippen LogP contribution in [-0.4, -0.2) is 30.0 Å². The molecule has 0 saturated heterocycles. The Bertz CT molecular complexity index is 487. The minimum absolute atomic E-state index is 0.104. The SMILES string of the molecule is CN(C)NC(=O)c1cccc2cc[nH]c12. The fraction of sp³-hybridized carbons (Fsp3) is 0.182. The number of hydrogen-bond acceptors (Lipinski definition) is 2. The molecule has 1 heterocycles. The Morgan fingerprint density at radius 1 is 1.33 bits per heavy atom. The molecule has 0 aliphatic heterocycles. The number of rotatable bonds is 2. The smallest absolute Gasteiger partial charge is 0.267 e. The van der Waals surface area contributed by atoms with Gasteiger partial charge in [-0.2, -0.15) is 0 Å². The molecule has 15 heavy (non-hydrogen) atoms. The van der Waals surface area contributed by atoms with E-state index in [-0.39, 0.29) is 5.91 Å². The standard InChI is InChI=1S/C11H13N3O/c1-14(2)13-11(15)9-5-3-4-8-6-7-12-10(8)9/h3-7,12H,1-2H3,(H,13,15). The van der Waals surface area contributed by atoms with E-state index in [2.05, 4.69) is 10.4 Å². The van der Waals surface area contributed by atoms with Crippen molar-refractivity contribution in [2.75, 3.05) is 14.1 Å². The van der Waals surface area contributed by atoms with Crippen LogP contribution in [0.25, 0.3) is 10.9 Å². The number of amides is 1. The zero-order chi connectivity index (χ0) is 10.8. The van der Waals surface area contributed by atoms with Crippen molar-refractivity contribution in [3.8, 4) is 0 Å². The predicted octanol–water partition coefficient (Wildman–Crippen LogP) is 1.37. The molecule has 0 unspecified atom stereocenters. The zero-order valence-corrected chi connectivity index (χ0v) is 8.74. The molecule has 0 bridgehead atoms. The molecule has 2 rings (SSSR count). The van der Waals surface area contributed by atoms with Crippen LogP contribution in [0.15, 0.2) is 30.5 Å². The van der Waals surface area contributed by atoms with Gasteiger partial charge in [-0.05, 0) is 12.1 Å². The summed E-state index contributed by atoms with van der Waals surface area (Å²) in [7, 11) is 3.57. The van der Waals surface area contributed by atoms with Gasteiger partial charge in [-0.25, -0.2) is 5.01 Å². The van der Waals surface area contributed by atoms with Crippen LogP contribution in [0.5, 0.6) is 0 Å². The van der Waals surface area contributed by atoms with Crippen LogP contribution in [-0.2, 0) is 0 Å². The first-order valence-corrected chi connectivity index (χ1v) is 4.73. The van der Waals surface area contributed by atoms with Gasteiger partial charge >= 0.3 is 0 Å². The van der Waals surface area contributed by atoms with Gasteiger partial charge in [-0.1, -0.05) is 12.1 Å². The van der Waals surface area contributed by atoms with Gasteiger partial charge in [-0.3, -0.25) is 10.2 Å². The molecule has 4 heteroatoms. The van der Waals surface area contributed by atoms with E-state index in [9.17, 15) is 4.79 Å². The van der Waals surface area contributed by atoms with Crippen molar-refractivity contribution in [2.24, 2.45) is 0 Å². The second kappa shape index (κ2) is 3.74. The van der Waals surface area contributed by atoms with Gasteiger partial charge in [-0.15, -0.1) is 0 Å². The summed E-state index contributed by atoms with van der Waals surface area (Å²) < 4.78 is 0. The molecule has 0 saturated carbocycles. The van der Waals surface area contributed by atoms with E-state index in [1.807, 2.05) is 24.4 Å². The number of H-pyrrole nitrogens is 1. The topological polar surface area (TPSA) is 48.1 Å². The quantitative estimate of drug-likeness (QED) is 0.724. The van der Waals surface area contributed by atoms with Crippen LogP contribution in [0.2, 0.25) is 0 Å². The Hall–Kier alpha value is -1.81. The second-order valence-corrected chi connectivity index (χ2v) is 3.58. The fourth-order valence-electron chi connectivity index (χ4n) is 1.54. The molecule has 1 aromatic heterocycles. The summed E-state index contributed by atoms with van der Waals surface area (Å²) >= 11 is 0. The highest BCUT2D eigenvalue weighted by Crippen LogP contribution is 2.16. The van der Waals surface area contributed by atoms with Gasteiger partial charge in [0.1, 0.15) is 0 Å². The van der Waals surface area contributed by atoms with Crippen LogP contribution in [0.1, 0.15) is 10.4 Å². The Labute approximate surface area is 87.9 Å². The summed E-state index contributed by atoms with van der Waals surface area (Å²) in [6, 6.07) is 7.60. The molecular weight excluding hydrogens is 190 g/mol. The van der Waals surface area contributed by atoms with Gasteiger partial charge in [0.05, 0.1) is 11.1 Å². The van der Waals surface area contributed by atoms with Gasteiger partial charge in [0.15, 0.2) is 0 Å². The lowest BCUT2D eigenvalue weighted by Gasteiger charge is -2.12. The number of fused-ring (bicyclic) bond motifs is 1. The Morgan fingerprint density at radius 2 is 2.13 bits per heavy atom. The highest BCUT2D eigenvalue weighted by Gasteiger charge is 2.10. The number of carbonyl (C=O) groups excluding carboxylic acids is 1. The lowest BCUT2D eigenvalue weighted by atomic mass is 10.1. The van der Waals surface area contributed by atoms with E-state index in [0.717, 1.165) is 10.9 Å². The summed E-state index contributed by atoms with van der Waals surface area (Å²) in [6.07, 6.45) is 1.83. The van der Waals surface area contributed by atoms with Crippen LogP contribution >= 0.6 is 0 Å². The summed E-state index contributed by atoms with van der Waals surface area (Å²) in [5.74, 6) is -0.104. The van der Waals surface area contributed by atoms with Gasteiger partial charge in [0, 0.05) is 25.7 Å². The third-order valence-electron chi connectivity index (χ3n) is 2.16. The number of aromatic amines is 1. The molecule has 1 aromatic carbocycles. The fourth-order valence-corrected chi connectivity index (χ4v) is 1.54. The van der Waals surface area contributed by atoms with Crippen molar-refractivity contribution in [1.29, 1.82) is 0 Å². The molecule has 78 valence electrons. The van der Waals surface area contributed by atoms with Crippen LogP contribution in [0, 0.1) is 0 Å². The number of aromatic nitrogens is 1. The minimum Gasteiger partial charge on any atom is -0.361 e. The van der Waals surface area contributed by atoms with E-state index in [4.69, 9.17) is 0 Å². The van der Waals surface area contributed by atoms with Crippen molar-refractivity contribution < 1.29 is 4.79 Å². The first-order valence-electron chi connectivity index (χ1n) is 4.73. The number of para-hydroxylation sites is 1. The molecule has 0 atom stereocenters. The van der Waals surface area contributed by atoms with E-state index >= 15 is 0 Å². The Kier molecular flexibility index (Phi) is 2.43. The second-order valence-electron chi connectivity index (χ2n) is 3.58. The molecule has 0 aliphatic rings. The average Bonchev–Trinajstić information content (AvgIpc) is 2.63. The highest BCUT2D eigenvalue weighted by molar-refractivity contribution is 6.05. The zero-order valence-electron chi connectivity index (χ0n) is 8.74. The van der Waals surface area contributed by atoms with Crippen LogP contribution < -0.4 is 5.43 Å². The van der Waals surface area contributed by atoms with E-state index in [0.29, 0.717) is 5.56 Å². The van der Waals surface area contributed by atoms with Gasteiger partial charge in [0.2, 0.25) is 0 Å². The maximum absolute atomic E-state index is 11.8. The first kappa shape index (κ1) is 9.73. The van der Waals surface area contributed by atoms with Crippen molar-refractivity contribution in [3.05, 3.63) is 36.0 Å². The largest absolute Gasteiger partial charge is 0.361 e. The maximum Gasteiger partial charge on any atom is 0.267 e. The summed E-state index contributed by atoms with van der Waals surface area (Å²) in [5.41, 5.74) is 4.25. The maximum atomic E-state index is 11.8. The third-order valence-corrected chi connectivity index (χ3v) is 2.16. The molecule has 4 nitrogen and oxygen atoms in total. The number of benzene rings is 1. The minimum atomic E-state index is -0.104. The summed E-state index contributed by atoms with van der Waals surface area (Å²) in [6.45, 7) is 0. The highest BCUT2D eigenvalue weighted by atomic mass is 16.2. The lowest BCUT2D eigenvalue weighted by molar-refractivity contribution is 0.0858. The third kappa shape index (κ3) is 1.85. The van der Waals surface area contributed by atoms with E-state index in [1.165, 1.54) is 0 Å². The molecular formula is C11H13N3O. The molecule has 0 aliphatic carbocycles. The number of carbonyl (C=O) groups is 1. The van der Waals surface area contributed by atoms with Crippen molar-refractivity contribution in [1.82, 2.24) is 15.4 Å². The molecule has 1 amide bonds. The van der Waals surface area contributed by atoms with Crippen LogP contribution in [0.4, 0.5) is 0 Å². The van der Waals surface area contributed by atoms with Crippen molar-refractivity contribution >= 4 is 16.8 Å². The Balaban J connectivity index is 2.42. The van der Waals surface area contributed by atoms with Crippen molar-refractivity contribution in [3.63, 3.8) is 0 Å². The number of nitrogens with zero attached hydrogens (tertiary/aromatic N) is 1. The van der Waals surface area contributed by atoms with E-state index in [1.54, 1.807) is 25.2 Å². The molecule has 2 N–H and O–H groups in total. The lowest BCUT2D eigenvalue weighted by Crippen LogP contribution is -2.36. The average molecular weight is 203 g/mol. The Morgan fingerprint density at radius 3 is 2.87 bits per heavy atom. The normalized spacial score (nSPS) is 10.9. The van der Waals surface area contributed by atoms with E-state index < -0.39 is 0 Å². The number of hydrogen-bond donors (Lipinski definition) is 2. The monoisotopic (exact) mass is 203 g/mol. The summed E-state index contributed by atoms with van der Waals surface area (Å²) in [5, 5.41) is 2.67. The van der Waals surface area contributed by atoms with Gasteiger partial charge in [0.25, 0.3) is 5.91 Å². The molecule has 2 aromatic rings. The number of nitrogens with one attached hydrogen (secondary N) is 2. The first-order chi connectivity index (χ1) is 7.18.